The Labute approximate surface area is 79.1 Å². The van der Waals surface area contributed by atoms with Gasteiger partial charge in [0.2, 0.25) is 0 Å². The molecular formula is C12H16O. The summed E-state index contributed by atoms with van der Waals surface area (Å²) < 4.78 is 5.93. The largest absolute Gasteiger partial charge is 0.466 e. The van der Waals surface area contributed by atoms with Crippen LogP contribution in [0.2, 0.25) is 0 Å². The molecule has 1 aromatic heterocycles. The number of fused-ring (bicyclic) bond motifs is 3. The fraction of sp³-hybridized carbons (Fsp3) is 0.667. The Balaban J connectivity index is 2.09. The molecule has 1 aromatic rings. The van der Waals surface area contributed by atoms with Crippen LogP contribution in [0.5, 0.6) is 0 Å². The number of furan rings is 1. The van der Waals surface area contributed by atoms with Gasteiger partial charge in [-0.15, -0.1) is 0 Å². The van der Waals surface area contributed by atoms with Gasteiger partial charge in [-0.1, -0.05) is 0 Å². The predicted octanol–water partition coefficient (Wildman–Crippen LogP) is 3.04. The van der Waals surface area contributed by atoms with Crippen LogP contribution in [0.4, 0.5) is 0 Å². The lowest BCUT2D eigenvalue weighted by molar-refractivity contribution is 0.430. The molecule has 2 aliphatic carbocycles. The van der Waals surface area contributed by atoms with Crippen LogP contribution >= 0.6 is 0 Å². The second-order valence-electron chi connectivity index (χ2n) is 4.32. The van der Waals surface area contributed by atoms with Gasteiger partial charge in [-0.25, -0.2) is 0 Å². The van der Waals surface area contributed by atoms with Crippen molar-refractivity contribution in [1.29, 1.82) is 0 Å². The third-order valence-electron chi connectivity index (χ3n) is 3.45. The van der Waals surface area contributed by atoms with E-state index >= 15 is 0 Å². The summed E-state index contributed by atoms with van der Waals surface area (Å²) in [6.45, 7) is 0. The van der Waals surface area contributed by atoms with Gasteiger partial charge in [0, 0.05) is 12.8 Å². The standard InChI is InChI=1S/C12H16O/c1-3-7-11-9(5-1)10-6-2-4-8-12(10)13-11/h1-8H2. The van der Waals surface area contributed by atoms with Crippen molar-refractivity contribution in [3.63, 3.8) is 0 Å². The van der Waals surface area contributed by atoms with Gasteiger partial charge in [0.1, 0.15) is 11.5 Å². The summed E-state index contributed by atoms with van der Waals surface area (Å²) in [5.74, 6) is 2.66. The minimum absolute atomic E-state index is 1.20. The molecule has 0 saturated carbocycles. The van der Waals surface area contributed by atoms with Crippen molar-refractivity contribution in [2.45, 2.75) is 51.4 Å². The van der Waals surface area contributed by atoms with Crippen LogP contribution in [0.3, 0.4) is 0 Å². The molecule has 0 saturated heterocycles. The fourth-order valence-electron chi connectivity index (χ4n) is 2.77. The highest BCUT2D eigenvalue weighted by Gasteiger charge is 2.23. The minimum atomic E-state index is 1.20. The first-order valence-corrected chi connectivity index (χ1v) is 5.57. The maximum absolute atomic E-state index is 5.93. The zero-order chi connectivity index (χ0) is 8.67. The van der Waals surface area contributed by atoms with Crippen molar-refractivity contribution in [2.75, 3.05) is 0 Å². The van der Waals surface area contributed by atoms with Crippen LogP contribution in [0.1, 0.15) is 48.3 Å². The quantitative estimate of drug-likeness (QED) is 0.592. The summed E-state index contributed by atoms with van der Waals surface area (Å²) in [6, 6.07) is 0. The molecule has 1 heteroatoms. The lowest BCUT2D eigenvalue weighted by atomic mass is 9.89. The van der Waals surface area contributed by atoms with Gasteiger partial charge in [-0.2, -0.15) is 0 Å². The zero-order valence-electron chi connectivity index (χ0n) is 8.07. The van der Waals surface area contributed by atoms with Gasteiger partial charge in [0.15, 0.2) is 0 Å². The lowest BCUT2D eigenvalue weighted by Gasteiger charge is -2.12. The first kappa shape index (κ1) is 7.66. The van der Waals surface area contributed by atoms with Crippen molar-refractivity contribution in [2.24, 2.45) is 0 Å². The second kappa shape index (κ2) is 2.90. The maximum atomic E-state index is 5.93. The van der Waals surface area contributed by atoms with Gasteiger partial charge < -0.3 is 4.42 Å². The van der Waals surface area contributed by atoms with Crippen LogP contribution in [0, 0.1) is 0 Å². The Morgan fingerprint density at radius 3 is 1.62 bits per heavy atom. The number of aryl methyl sites for hydroxylation is 2. The van der Waals surface area contributed by atoms with E-state index in [9.17, 15) is 0 Å². The SMILES string of the molecule is C1CCc2c(oc3c2CCCC3)C1. The molecule has 0 amide bonds. The third kappa shape index (κ3) is 1.13. The number of rotatable bonds is 0. The van der Waals surface area contributed by atoms with Gasteiger partial charge in [-0.05, 0) is 49.7 Å². The van der Waals surface area contributed by atoms with Gasteiger partial charge in [-0.3, -0.25) is 0 Å². The minimum Gasteiger partial charge on any atom is -0.466 e. The van der Waals surface area contributed by atoms with Crippen molar-refractivity contribution < 1.29 is 4.42 Å². The van der Waals surface area contributed by atoms with Gasteiger partial charge in [0.05, 0.1) is 0 Å². The third-order valence-corrected chi connectivity index (χ3v) is 3.45. The Morgan fingerprint density at radius 1 is 0.615 bits per heavy atom. The van der Waals surface area contributed by atoms with Crippen LogP contribution in [-0.2, 0) is 25.7 Å². The van der Waals surface area contributed by atoms with Crippen molar-refractivity contribution in [1.82, 2.24) is 0 Å². The average molecular weight is 176 g/mol. The number of hydrogen-bond donors (Lipinski definition) is 0. The second-order valence-corrected chi connectivity index (χ2v) is 4.32. The Kier molecular flexibility index (Phi) is 1.71. The highest BCUT2D eigenvalue weighted by atomic mass is 16.3. The van der Waals surface area contributed by atoms with Crippen molar-refractivity contribution >= 4 is 0 Å². The maximum Gasteiger partial charge on any atom is 0.107 e. The fourth-order valence-corrected chi connectivity index (χ4v) is 2.77. The van der Waals surface area contributed by atoms with Gasteiger partial charge >= 0.3 is 0 Å². The molecule has 0 atom stereocenters. The highest BCUT2D eigenvalue weighted by molar-refractivity contribution is 5.36. The topological polar surface area (TPSA) is 13.1 Å². The van der Waals surface area contributed by atoms with E-state index in [1.807, 2.05) is 0 Å². The van der Waals surface area contributed by atoms with E-state index in [2.05, 4.69) is 0 Å². The highest BCUT2D eigenvalue weighted by Crippen LogP contribution is 2.34. The molecule has 0 fully saturated rings. The lowest BCUT2D eigenvalue weighted by Crippen LogP contribution is -2.04. The van der Waals surface area contributed by atoms with E-state index in [-0.39, 0.29) is 0 Å². The molecule has 1 heterocycles. The van der Waals surface area contributed by atoms with Crippen LogP contribution in [0.15, 0.2) is 4.42 Å². The molecule has 0 bridgehead atoms. The summed E-state index contributed by atoms with van der Waals surface area (Å²) >= 11 is 0. The summed E-state index contributed by atoms with van der Waals surface area (Å²) in [5.41, 5.74) is 3.20. The van der Waals surface area contributed by atoms with E-state index in [1.165, 1.54) is 62.9 Å². The van der Waals surface area contributed by atoms with Crippen LogP contribution in [-0.4, -0.2) is 0 Å². The Morgan fingerprint density at radius 2 is 1.08 bits per heavy atom. The molecule has 2 aliphatic rings. The van der Waals surface area contributed by atoms with Crippen LogP contribution in [0.25, 0.3) is 0 Å². The smallest absolute Gasteiger partial charge is 0.107 e. The van der Waals surface area contributed by atoms with Crippen molar-refractivity contribution in [3.8, 4) is 0 Å². The molecule has 3 rings (SSSR count). The molecule has 0 unspecified atom stereocenters. The molecule has 0 aliphatic heterocycles. The monoisotopic (exact) mass is 176 g/mol. The summed E-state index contributed by atoms with van der Waals surface area (Å²) in [7, 11) is 0. The molecule has 13 heavy (non-hydrogen) atoms. The first-order valence-electron chi connectivity index (χ1n) is 5.57. The van der Waals surface area contributed by atoms with E-state index in [1.54, 1.807) is 11.1 Å². The molecule has 1 nitrogen and oxygen atoms in total. The molecule has 70 valence electrons. The van der Waals surface area contributed by atoms with E-state index in [0.29, 0.717) is 0 Å². The van der Waals surface area contributed by atoms with Gasteiger partial charge in [0.25, 0.3) is 0 Å². The molecule has 0 spiro atoms. The molecule has 0 radical (unpaired) electrons. The van der Waals surface area contributed by atoms with E-state index < -0.39 is 0 Å². The summed E-state index contributed by atoms with van der Waals surface area (Å²) in [5, 5.41) is 0. The number of hydrogen-bond acceptors (Lipinski definition) is 1. The molecule has 0 N–H and O–H groups in total. The summed E-state index contributed by atoms with van der Waals surface area (Å²) in [4.78, 5) is 0. The average Bonchev–Trinajstić information content (AvgIpc) is 2.56. The Bertz CT molecular complexity index is 292. The Hall–Kier alpha value is -0.720. The summed E-state index contributed by atoms with van der Waals surface area (Å²) in [6.07, 6.45) is 10.4. The molecular weight excluding hydrogens is 160 g/mol. The first-order chi connectivity index (χ1) is 6.45. The zero-order valence-corrected chi connectivity index (χ0v) is 8.07. The normalized spacial score (nSPS) is 20.9. The predicted molar refractivity (Wildman–Crippen MR) is 52.0 cm³/mol. The van der Waals surface area contributed by atoms with Crippen LogP contribution < -0.4 is 0 Å². The van der Waals surface area contributed by atoms with Crippen molar-refractivity contribution in [3.05, 3.63) is 22.6 Å². The molecule has 0 aromatic carbocycles. The van der Waals surface area contributed by atoms with E-state index in [4.69, 9.17) is 4.42 Å². The van der Waals surface area contributed by atoms with E-state index in [0.717, 1.165) is 0 Å².